The lowest BCUT2D eigenvalue weighted by Crippen LogP contribution is -2.30. The van der Waals surface area contributed by atoms with Gasteiger partial charge in [0.05, 0.1) is 4.90 Å². The number of sulfonamides is 1. The summed E-state index contributed by atoms with van der Waals surface area (Å²) in [6.45, 7) is 0. The Bertz CT molecular complexity index is 1010. The molecule has 0 atom stereocenters. The minimum atomic E-state index is -3.94. The third kappa shape index (κ3) is 4.17. The number of carbonyl (C=O) groups excluding carboxylic acids is 1. The summed E-state index contributed by atoms with van der Waals surface area (Å²) in [5.41, 5.74) is 0.759. The molecule has 3 rings (SSSR count). The van der Waals surface area contributed by atoms with Gasteiger partial charge in [-0.05, 0) is 30.3 Å². The first-order valence-corrected chi connectivity index (χ1v) is 10.0. The summed E-state index contributed by atoms with van der Waals surface area (Å²) in [7, 11) is -3.94. The quantitative estimate of drug-likeness (QED) is 0.614. The van der Waals surface area contributed by atoms with Gasteiger partial charge in [-0.15, -0.1) is 0 Å². The minimum absolute atomic E-state index is 0.00407. The number of hydrogen-bond donors (Lipinski definition) is 1. The van der Waals surface area contributed by atoms with Crippen LogP contribution in [-0.4, -0.2) is 23.9 Å². The molecule has 0 unspecified atom stereocenters. The summed E-state index contributed by atoms with van der Waals surface area (Å²) in [4.78, 5) is 16.2. The molecule has 3 aromatic rings. The maximum absolute atomic E-state index is 12.2. The molecule has 6 nitrogen and oxygen atoms in total. The van der Waals surface area contributed by atoms with Crippen molar-refractivity contribution < 1.29 is 13.2 Å². The van der Waals surface area contributed by atoms with Crippen molar-refractivity contribution in [2.45, 2.75) is 4.90 Å². The van der Waals surface area contributed by atoms with Crippen LogP contribution in [0, 0.1) is 0 Å². The van der Waals surface area contributed by atoms with Crippen molar-refractivity contribution >= 4 is 47.8 Å². The summed E-state index contributed by atoms with van der Waals surface area (Å²) < 4.78 is 29.7. The van der Waals surface area contributed by atoms with Gasteiger partial charge in [-0.25, -0.2) is 18.1 Å². The Balaban J connectivity index is 1.84. The fourth-order valence-corrected chi connectivity index (χ4v) is 4.35. The zero-order chi connectivity index (χ0) is 18.0. The van der Waals surface area contributed by atoms with E-state index in [2.05, 4.69) is 36.8 Å². The van der Waals surface area contributed by atoms with Gasteiger partial charge in [-0.2, -0.15) is 0 Å². The number of carbonyl (C=O) groups is 1. The zero-order valence-electron chi connectivity index (χ0n) is 12.6. The normalized spacial score (nSPS) is 11.3. The third-order valence-corrected chi connectivity index (χ3v) is 5.50. The molecule has 0 aliphatic carbocycles. The fraction of sp³-hybridized carbons (Fsp3) is 0. The number of halogens is 2. The highest BCUT2D eigenvalue weighted by molar-refractivity contribution is 9.11. The first kappa shape index (κ1) is 17.8. The van der Waals surface area contributed by atoms with Crippen LogP contribution in [0.1, 0.15) is 10.5 Å². The first-order valence-electron chi connectivity index (χ1n) is 6.98. The molecule has 0 fully saturated rings. The minimum Gasteiger partial charge on any atom is -0.305 e. The number of hydrogen-bond acceptors (Lipinski definition) is 4. The molecule has 0 spiro atoms. The van der Waals surface area contributed by atoms with Gasteiger partial charge in [0.2, 0.25) is 0 Å². The van der Waals surface area contributed by atoms with E-state index >= 15 is 0 Å². The van der Waals surface area contributed by atoms with Crippen LogP contribution in [0.25, 0.3) is 5.69 Å². The van der Waals surface area contributed by atoms with Gasteiger partial charge in [0, 0.05) is 20.8 Å². The van der Waals surface area contributed by atoms with Crippen molar-refractivity contribution in [1.82, 2.24) is 14.3 Å². The fourth-order valence-electron chi connectivity index (χ4n) is 2.10. The highest BCUT2D eigenvalue weighted by atomic mass is 79.9. The van der Waals surface area contributed by atoms with Crippen LogP contribution < -0.4 is 4.72 Å². The molecule has 9 heteroatoms. The van der Waals surface area contributed by atoms with Crippen LogP contribution in [0.5, 0.6) is 0 Å². The van der Waals surface area contributed by atoms with E-state index in [0.29, 0.717) is 0 Å². The molecule has 0 aliphatic heterocycles. The second-order valence-electron chi connectivity index (χ2n) is 5.04. The standard InChI is InChI=1S/C16H11Br2N3O3S/c17-11-6-12(18)8-13(7-11)21-9-15(19-10-21)16(22)20-25(23,24)14-4-2-1-3-5-14/h1-10H,(H,20,22). The maximum atomic E-state index is 12.2. The number of benzene rings is 2. The van der Waals surface area contributed by atoms with Gasteiger partial charge in [0.15, 0.2) is 0 Å². The van der Waals surface area contributed by atoms with Crippen molar-refractivity contribution in [1.29, 1.82) is 0 Å². The lowest BCUT2D eigenvalue weighted by molar-refractivity contribution is 0.0977. The van der Waals surface area contributed by atoms with E-state index in [4.69, 9.17) is 0 Å². The lowest BCUT2D eigenvalue weighted by atomic mass is 10.3. The van der Waals surface area contributed by atoms with E-state index in [0.717, 1.165) is 14.6 Å². The number of imidazole rings is 1. The molecule has 1 heterocycles. The second-order valence-corrected chi connectivity index (χ2v) is 8.56. The molecule has 0 saturated heterocycles. The van der Waals surface area contributed by atoms with E-state index in [1.165, 1.54) is 24.7 Å². The number of amides is 1. The first-order chi connectivity index (χ1) is 11.8. The largest absolute Gasteiger partial charge is 0.305 e. The number of aromatic nitrogens is 2. The van der Waals surface area contributed by atoms with E-state index < -0.39 is 15.9 Å². The molecule has 128 valence electrons. The van der Waals surface area contributed by atoms with Gasteiger partial charge < -0.3 is 4.57 Å². The van der Waals surface area contributed by atoms with Crippen LogP contribution in [0.3, 0.4) is 0 Å². The Hall–Kier alpha value is -1.97. The van der Waals surface area contributed by atoms with E-state index in [9.17, 15) is 13.2 Å². The highest BCUT2D eigenvalue weighted by Crippen LogP contribution is 2.22. The van der Waals surface area contributed by atoms with Gasteiger partial charge >= 0.3 is 0 Å². The molecule has 0 radical (unpaired) electrons. The van der Waals surface area contributed by atoms with Crippen molar-refractivity contribution in [3.05, 3.63) is 75.7 Å². The maximum Gasteiger partial charge on any atom is 0.285 e. The molecular formula is C16H11Br2N3O3S. The number of rotatable bonds is 4. The van der Waals surface area contributed by atoms with Gasteiger partial charge in [0.25, 0.3) is 15.9 Å². The Kier molecular flexibility index (Phi) is 5.07. The molecule has 1 aromatic heterocycles. The Morgan fingerprint density at radius 3 is 2.32 bits per heavy atom. The summed E-state index contributed by atoms with van der Waals surface area (Å²) in [6.07, 6.45) is 2.91. The average Bonchev–Trinajstić information content (AvgIpc) is 3.04. The molecule has 1 amide bonds. The van der Waals surface area contributed by atoms with Crippen molar-refractivity contribution in [2.75, 3.05) is 0 Å². The van der Waals surface area contributed by atoms with Gasteiger partial charge in [-0.3, -0.25) is 4.79 Å². The van der Waals surface area contributed by atoms with Crippen LogP contribution in [0.15, 0.2) is 74.9 Å². The van der Waals surface area contributed by atoms with Gasteiger partial charge in [0.1, 0.15) is 12.0 Å². The van der Waals surface area contributed by atoms with Crippen LogP contribution in [0.4, 0.5) is 0 Å². The second kappa shape index (κ2) is 7.11. The molecule has 0 bridgehead atoms. The highest BCUT2D eigenvalue weighted by Gasteiger charge is 2.20. The van der Waals surface area contributed by atoms with E-state index in [1.54, 1.807) is 22.8 Å². The van der Waals surface area contributed by atoms with Gasteiger partial charge in [-0.1, -0.05) is 50.1 Å². The van der Waals surface area contributed by atoms with Crippen molar-refractivity contribution in [3.63, 3.8) is 0 Å². The zero-order valence-corrected chi connectivity index (χ0v) is 16.5. The Morgan fingerprint density at radius 2 is 1.68 bits per heavy atom. The average molecular weight is 485 g/mol. The molecule has 1 N–H and O–H groups in total. The summed E-state index contributed by atoms with van der Waals surface area (Å²) in [5, 5.41) is 0. The van der Waals surface area contributed by atoms with E-state index in [-0.39, 0.29) is 10.6 Å². The van der Waals surface area contributed by atoms with Crippen molar-refractivity contribution in [2.24, 2.45) is 0 Å². The number of nitrogens with one attached hydrogen (secondary N) is 1. The topological polar surface area (TPSA) is 81.1 Å². The van der Waals surface area contributed by atoms with Crippen LogP contribution in [0.2, 0.25) is 0 Å². The molecule has 2 aromatic carbocycles. The number of nitrogens with zero attached hydrogens (tertiary/aromatic N) is 2. The summed E-state index contributed by atoms with van der Waals surface area (Å²) in [6, 6.07) is 13.2. The van der Waals surface area contributed by atoms with Crippen molar-refractivity contribution in [3.8, 4) is 5.69 Å². The molecule has 25 heavy (non-hydrogen) atoms. The van der Waals surface area contributed by atoms with Crippen LogP contribution in [-0.2, 0) is 10.0 Å². The Labute approximate surface area is 161 Å². The third-order valence-electron chi connectivity index (χ3n) is 3.24. The summed E-state index contributed by atoms with van der Waals surface area (Å²) in [5.74, 6) is -0.795. The molecular weight excluding hydrogens is 474 g/mol. The SMILES string of the molecule is O=C(NS(=O)(=O)c1ccccc1)c1cn(-c2cc(Br)cc(Br)c2)cn1. The summed E-state index contributed by atoms with van der Waals surface area (Å²) >= 11 is 6.78. The molecule has 0 aliphatic rings. The predicted molar refractivity (Wildman–Crippen MR) is 100 cm³/mol. The monoisotopic (exact) mass is 483 g/mol. The molecule has 0 saturated carbocycles. The smallest absolute Gasteiger partial charge is 0.285 e. The van der Waals surface area contributed by atoms with Crippen LogP contribution >= 0.6 is 31.9 Å². The van der Waals surface area contributed by atoms with E-state index in [1.807, 2.05) is 22.9 Å². The lowest BCUT2D eigenvalue weighted by Gasteiger charge is -2.05. The predicted octanol–water partition coefficient (Wildman–Crippen LogP) is 3.52. The Morgan fingerprint density at radius 1 is 1.04 bits per heavy atom.